The maximum atomic E-state index is 12.9. The number of carbonyl (C=O) groups excluding carboxylic acids is 3. The summed E-state index contributed by atoms with van der Waals surface area (Å²) in [6, 6.07) is 10.9. The number of hydrogen-bond acceptors (Lipinski definition) is 8. The lowest BCUT2D eigenvalue weighted by Crippen LogP contribution is -2.26. The predicted octanol–water partition coefficient (Wildman–Crippen LogP) is 3.80. The van der Waals surface area contributed by atoms with Crippen molar-refractivity contribution in [2.24, 2.45) is 0 Å². The maximum absolute atomic E-state index is 12.9. The van der Waals surface area contributed by atoms with Gasteiger partial charge in [-0.05, 0) is 24.5 Å². The van der Waals surface area contributed by atoms with Crippen LogP contribution in [0.1, 0.15) is 24.5 Å². The van der Waals surface area contributed by atoms with Crippen LogP contribution in [0.15, 0.2) is 59.1 Å². The highest BCUT2D eigenvalue weighted by molar-refractivity contribution is 6.23. The first-order valence-electron chi connectivity index (χ1n) is 11.6. The van der Waals surface area contributed by atoms with Gasteiger partial charge in [-0.2, -0.15) is 0 Å². The summed E-state index contributed by atoms with van der Waals surface area (Å²) in [5, 5.41) is 2.85. The zero-order valence-electron chi connectivity index (χ0n) is 21.9. The van der Waals surface area contributed by atoms with Crippen LogP contribution in [0.5, 0.6) is 17.2 Å². The van der Waals surface area contributed by atoms with E-state index in [-0.39, 0.29) is 41.8 Å². The molecule has 0 saturated carbocycles. The predicted molar refractivity (Wildman–Crippen MR) is 137 cm³/mol. The van der Waals surface area contributed by atoms with Gasteiger partial charge in [-0.3, -0.25) is 14.4 Å². The molecule has 9 nitrogen and oxygen atoms in total. The van der Waals surface area contributed by atoms with Gasteiger partial charge in [-0.25, -0.2) is 0 Å². The quantitative estimate of drug-likeness (QED) is 0.456. The second-order valence-corrected chi connectivity index (χ2v) is 8.28. The number of hydrogen-bond donors (Lipinski definition) is 1. The third-order valence-corrected chi connectivity index (χ3v) is 6.09. The van der Waals surface area contributed by atoms with Gasteiger partial charge < -0.3 is 29.0 Å². The standard InChI is InChI=1S/C28H31NO8/c1-16-20(25(32)28(37-6)27(36-5)24(16)31)13-18-9-7-17(8-10-18)11-12-23(30)29-19-14-21(33-2)26(35-4)22(15-19)34-3/h7-10,14-15H,11-13H2,1-6H3,(H,29,30). The second-order valence-electron chi connectivity index (χ2n) is 8.28. The van der Waals surface area contributed by atoms with Crippen LogP contribution in [-0.4, -0.2) is 53.0 Å². The number of aryl methyl sites for hydroxylation is 1. The van der Waals surface area contributed by atoms with E-state index >= 15 is 0 Å². The van der Waals surface area contributed by atoms with Crippen molar-refractivity contribution < 1.29 is 38.1 Å². The van der Waals surface area contributed by atoms with E-state index in [1.54, 1.807) is 19.1 Å². The van der Waals surface area contributed by atoms with Crippen LogP contribution < -0.4 is 19.5 Å². The molecule has 0 radical (unpaired) electrons. The molecule has 1 aliphatic carbocycles. The van der Waals surface area contributed by atoms with Crippen LogP contribution in [0.25, 0.3) is 0 Å². The molecule has 2 aromatic carbocycles. The van der Waals surface area contributed by atoms with Crippen molar-refractivity contribution in [2.45, 2.75) is 26.2 Å². The molecular weight excluding hydrogens is 478 g/mol. The molecule has 1 N–H and O–H groups in total. The number of nitrogens with one attached hydrogen (secondary N) is 1. The fourth-order valence-electron chi connectivity index (χ4n) is 4.07. The Hall–Kier alpha value is -4.27. The Morgan fingerprint density at radius 3 is 1.81 bits per heavy atom. The molecule has 37 heavy (non-hydrogen) atoms. The van der Waals surface area contributed by atoms with Crippen molar-refractivity contribution >= 4 is 23.2 Å². The number of carbonyl (C=O) groups is 3. The molecule has 0 atom stereocenters. The lowest BCUT2D eigenvalue weighted by molar-refractivity contribution is -0.121. The van der Waals surface area contributed by atoms with E-state index in [0.717, 1.165) is 11.1 Å². The summed E-state index contributed by atoms with van der Waals surface area (Å²) >= 11 is 0. The van der Waals surface area contributed by atoms with E-state index in [4.69, 9.17) is 23.7 Å². The summed E-state index contributed by atoms with van der Waals surface area (Å²) in [4.78, 5) is 38.0. The van der Waals surface area contributed by atoms with E-state index < -0.39 is 0 Å². The molecule has 0 spiro atoms. The van der Waals surface area contributed by atoms with Crippen LogP contribution in [0.4, 0.5) is 5.69 Å². The van der Waals surface area contributed by atoms with Gasteiger partial charge in [0.1, 0.15) is 0 Å². The monoisotopic (exact) mass is 509 g/mol. The minimum absolute atomic E-state index is 0.0751. The van der Waals surface area contributed by atoms with Gasteiger partial charge in [0.15, 0.2) is 11.5 Å². The minimum Gasteiger partial charge on any atom is -0.493 e. The minimum atomic E-state index is -0.358. The van der Waals surface area contributed by atoms with Crippen molar-refractivity contribution in [1.29, 1.82) is 0 Å². The highest BCUT2D eigenvalue weighted by Crippen LogP contribution is 2.40. The van der Waals surface area contributed by atoms with Gasteiger partial charge >= 0.3 is 0 Å². The van der Waals surface area contributed by atoms with Gasteiger partial charge in [0, 0.05) is 41.8 Å². The number of methoxy groups -OCH3 is 5. The van der Waals surface area contributed by atoms with E-state index in [1.165, 1.54) is 35.5 Å². The zero-order chi connectivity index (χ0) is 27.1. The summed E-state index contributed by atoms with van der Waals surface area (Å²) < 4.78 is 26.2. The first-order valence-corrected chi connectivity index (χ1v) is 11.6. The first kappa shape index (κ1) is 27.3. The van der Waals surface area contributed by atoms with Crippen LogP contribution in [0, 0.1) is 0 Å². The molecule has 1 aliphatic rings. The largest absolute Gasteiger partial charge is 0.493 e. The molecule has 3 rings (SSSR count). The van der Waals surface area contributed by atoms with Crippen molar-refractivity contribution in [3.63, 3.8) is 0 Å². The Kier molecular flexibility index (Phi) is 8.95. The van der Waals surface area contributed by atoms with Gasteiger partial charge in [0.25, 0.3) is 0 Å². The van der Waals surface area contributed by atoms with E-state index in [9.17, 15) is 14.4 Å². The van der Waals surface area contributed by atoms with Crippen molar-refractivity contribution in [2.75, 3.05) is 40.9 Å². The molecule has 9 heteroatoms. The molecule has 2 aromatic rings. The van der Waals surface area contributed by atoms with Crippen molar-refractivity contribution in [3.8, 4) is 17.2 Å². The van der Waals surface area contributed by atoms with Gasteiger partial charge in [0.2, 0.25) is 34.7 Å². The maximum Gasteiger partial charge on any atom is 0.228 e. The number of allylic oxidation sites excluding steroid dienone is 2. The van der Waals surface area contributed by atoms with Gasteiger partial charge in [0.05, 0.1) is 35.5 Å². The molecule has 0 aliphatic heterocycles. The number of rotatable bonds is 11. The highest BCUT2D eigenvalue weighted by atomic mass is 16.5. The van der Waals surface area contributed by atoms with Gasteiger partial charge in [-0.1, -0.05) is 24.3 Å². The summed E-state index contributed by atoms with van der Waals surface area (Å²) in [6.45, 7) is 1.61. The first-order chi connectivity index (χ1) is 17.8. The molecule has 0 unspecified atom stereocenters. The summed E-state index contributed by atoms with van der Waals surface area (Å²) in [5.41, 5.74) is 3.07. The topological polar surface area (TPSA) is 109 Å². The van der Waals surface area contributed by atoms with Crippen LogP contribution in [0.2, 0.25) is 0 Å². The fourth-order valence-corrected chi connectivity index (χ4v) is 4.07. The molecule has 0 bridgehead atoms. The Balaban J connectivity index is 1.63. The summed E-state index contributed by atoms with van der Waals surface area (Å²) in [6.07, 6.45) is 1.06. The number of anilines is 1. The lowest BCUT2D eigenvalue weighted by atomic mass is 9.88. The molecule has 0 fully saturated rings. The van der Waals surface area contributed by atoms with E-state index in [0.29, 0.717) is 40.5 Å². The third kappa shape index (κ3) is 5.94. The summed E-state index contributed by atoms with van der Waals surface area (Å²) in [5.74, 6) is 0.301. The number of ketones is 2. The number of amides is 1. The number of benzene rings is 2. The molecule has 1 amide bonds. The Morgan fingerprint density at radius 2 is 1.30 bits per heavy atom. The van der Waals surface area contributed by atoms with Crippen molar-refractivity contribution in [3.05, 3.63) is 70.2 Å². The lowest BCUT2D eigenvalue weighted by Gasteiger charge is -2.20. The fraction of sp³-hybridized carbons (Fsp3) is 0.321. The third-order valence-electron chi connectivity index (χ3n) is 6.09. The Bertz CT molecular complexity index is 1230. The normalized spacial score (nSPS) is 13.5. The van der Waals surface area contributed by atoms with Crippen LogP contribution in [-0.2, 0) is 36.7 Å². The molecule has 0 heterocycles. The SMILES string of the molecule is COC1=C(OC)C(=O)C(Cc2ccc(CCC(=O)Nc3cc(OC)c(OC)c(OC)c3)cc2)=C(C)C1=O. The van der Waals surface area contributed by atoms with E-state index in [1.807, 2.05) is 24.3 Å². The number of Topliss-reactive ketones (excluding diaryl/α,β-unsaturated/α-hetero) is 2. The molecule has 0 saturated heterocycles. The molecule has 196 valence electrons. The second kappa shape index (κ2) is 12.1. The Morgan fingerprint density at radius 1 is 0.757 bits per heavy atom. The number of ether oxygens (including phenoxy) is 5. The van der Waals surface area contributed by atoms with Gasteiger partial charge in [-0.15, -0.1) is 0 Å². The van der Waals surface area contributed by atoms with Crippen LogP contribution in [0.3, 0.4) is 0 Å². The Labute approximate surface area is 216 Å². The molecular formula is C28H31NO8. The van der Waals surface area contributed by atoms with Crippen molar-refractivity contribution in [1.82, 2.24) is 0 Å². The average molecular weight is 510 g/mol. The zero-order valence-corrected chi connectivity index (χ0v) is 21.9. The van der Waals surface area contributed by atoms with Crippen LogP contribution >= 0.6 is 0 Å². The highest BCUT2D eigenvalue weighted by Gasteiger charge is 2.34. The van der Waals surface area contributed by atoms with E-state index in [2.05, 4.69) is 5.32 Å². The molecule has 0 aromatic heterocycles. The smallest absolute Gasteiger partial charge is 0.228 e. The summed E-state index contributed by atoms with van der Waals surface area (Å²) in [7, 11) is 7.21. The average Bonchev–Trinajstić information content (AvgIpc) is 2.91.